The van der Waals surface area contributed by atoms with E-state index in [4.69, 9.17) is 10.00 Å². The third-order valence-corrected chi connectivity index (χ3v) is 6.37. The van der Waals surface area contributed by atoms with Gasteiger partial charge in [0.25, 0.3) is 5.91 Å². The van der Waals surface area contributed by atoms with Crippen LogP contribution in [0.5, 0.6) is 5.75 Å². The summed E-state index contributed by atoms with van der Waals surface area (Å²) >= 11 is 4.50. The Morgan fingerprint density at radius 1 is 1.29 bits per heavy atom. The molecule has 1 heterocycles. The summed E-state index contributed by atoms with van der Waals surface area (Å²) in [6, 6.07) is 16.5. The van der Waals surface area contributed by atoms with Crippen LogP contribution in [-0.4, -0.2) is 32.7 Å². The van der Waals surface area contributed by atoms with Crippen molar-refractivity contribution in [3.8, 4) is 11.8 Å². The number of thiazole rings is 1. The van der Waals surface area contributed by atoms with Crippen LogP contribution in [0.4, 0.5) is 10.8 Å². The van der Waals surface area contributed by atoms with Crippen molar-refractivity contribution in [2.24, 2.45) is 0 Å². The fourth-order valence-corrected chi connectivity index (χ4v) is 4.65. The van der Waals surface area contributed by atoms with Gasteiger partial charge in [-0.2, -0.15) is 5.26 Å². The summed E-state index contributed by atoms with van der Waals surface area (Å²) in [5, 5.41) is 9.55. The highest BCUT2D eigenvalue weighted by molar-refractivity contribution is 9.11. The predicted octanol–water partition coefficient (Wildman–Crippen LogP) is 3.81. The van der Waals surface area contributed by atoms with E-state index in [1.54, 1.807) is 31.4 Å². The Morgan fingerprint density at radius 2 is 2.00 bits per heavy atom. The average molecular weight is 521 g/mol. The molecule has 11 heteroatoms. The minimum Gasteiger partial charge on any atom is -0.497 e. The van der Waals surface area contributed by atoms with Gasteiger partial charge in [-0.1, -0.05) is 23.5 Å². The normalized spacial score (nSPS) is 10.9. The topological polar surface area (TPSA) is 112 Å². The van der Waals surface area contributed by atoms with E-state index in [1.807, 2.05) is 33.9 Å². The number of nitrogens with one attached hydrogen (secondary N) is 1. The van der Waals surface area contributed by atoms with E-state index in [0.29, 0.717) is 26.8 Å². The van der Waals surface area contributed by atoms with Gasteiger partial charge in [0, 0.05) is 5.69 Å². The summed E-state index contributed by atoms with van der Waals surface area (Å²) in [5.41, 5.74) is 2.16. The van der Waals surface area contributed by atoms with E-state index in [2.05, 4.69) is 27.0 Å². The highest BCUT2D eigenvalue weighted by atomic mass is 79.9. The lowest BCUT2D eigenvalue weighted by Gasteiger charge is -2.22. The SMILES string of the molecule is COc1cccc(CN(c2ccc(C#N)cc2)c2nc(C(=O)NS(C)(=O)=O)c(Br)s2)c1. The van der Waals surface area contributed by atoms with Gasteiger partial charge in [0.1, 0.15) is 9.54 Å². The van der Waals surface area contributed by atoms with E-state index in [-0.39, 0.29) is 5.69 Å². The lowest BCUT2D eigenvalue weighted by molar-refractivity contribution is 0.0977. The number of benzene rings is 2. The number of hydrogen-bond donors (Lipinski definition) is 1. The van der Waals surface area contributed by atoms with E-state index < -0.39 is 15.9 Å². The van der Waals surface area contributed by atoms with Crippen molar-refractivity contribution >= 4 is 54.0 Å². The number of nitriles is 1. The third-order valence-electron chi connectivity index (χ3n) is 4.08. The van der Waals surface area contributed by atoms with Crippen LogP contribution in [0.15, 0.2) is 52.3 Å². The molecule has 8 nitrogen and oxygen atoms in total. The Balaban J connectivity index is 2.02. The van der Waals surface area contributed by atoms with Gasteiger partial charge in [0.15, 0.2) is 10.8 Å². The third kappa shape index (κ3) is 5.81. The Morgan fingerprint density at radius 3 is 2.61 bits per heavy atom. The van der Waals surface area contributed by atoms with Crippen LogP contribution in [0.1, 0.15) is 21.6 Å². The molecule has 0 saturated carbocycles. The number of carbonyl (C=O) groups is 1. The molecule has 1 N–H and O–H groups in total. The van der Waals surface area contributed by atoms with Crippen molar-refractivity contribution in [2.45, 2.75) is 6.54 Å². The number of ether oxygens (including phenoxy) is 1. The van der Waals surface area contributed by atoms with Crippen LogP contribution >= 0.6 is 27.3 Å². The first-order valence-electron chi connectivity index (χ1n) is 8.79. The molecule has 0 saturated heterocycles. The number of nitrogens with zero attached hydrogens (tertiary/aromatic N) is 3. The monoisotopic (exact) mass is 520 g/mol. The second-order valence-corrected chi connectivity index (χ2v) is 10.5. The number of rotatable bonds is 7. The van der Waals surface area contributed by atoms with Gasteiger partial charge in [-0.05, 0) is 57.9 Å². The largest absolute Gasteiger partial charge is 0.497 e. The molecule has 0 unspecified atom stereocenters. The van der Waals surface area contributed by atoms with Crippen LogP contribution in [0.3, 0.4) is 0 Å². The zero-order chi connectivity index (χ0) is 22.6. The molecule has 1 amide bonds. The molecule has 0 aliphatic heterocycles. The van der Waals surface area contributed by atoms with Crippen LogP contribution in [0.2, 0.25) is 0 Å². The number of methoxy groups -OCH3 is 1. The van der Waals surface area contributed by atoms with Crippen molar-refractivity contribution in [1.29, 1.82) is 5.26 Å². The second kappa shape index (κ2) is 9.47. The van der Waals surface area contributed by atoms with Gasteiger partial charge in [-0.15, -0.1) is 0 Å². The van der Waals surface area contributed by atoms with Gasteiger partial charge < -0.3 is 9.64 Å². The number of anilines is 2. The Labute approximate surface area is 192 Å². The number of sulfonamides is 1. The van der Waals surface area contributed by atoms with E-state index >= 15 is 0 Å². The number of amides is 1. The molecular weight excluding hydrogens is 504 g/mol. The molecule has 31 heavy (non-hydrogen) atoms. The first-order chi connectivity index (χ1) is 14.7. The Bertz CT molecular complexity index is 1250. The number of aromatic nitrogens is 1. The fourth-order valence-electron chi connectivity index (χ4n) is 2.70. The maximum Gasteiger partial charge on any atom is 0.285 e. The minimum atomic E-state index is -3.73. The highest BCUT2D eigenvalue weighted by Crippen LogP contribution is 2.36. The summed E-state index contributed by atoms with van der Waals surface area (Å²) in [6.07, 6.45) is 0.901. The fraction of sp³-hybridized carbons (Fsp3) is 0.150. The lowest BCUT2D eigenvalue weighted by Crippen LogP contribution is -2.30. The first-order valence-corrected chi connectivity index (χ1v) is 12.3. The summed E-state index contributed by atoms with van der Waals surface area (Å²) in [4.78, 5) is 18.6. The standard InChI is InChI=1S/C20H17BrN4O4S2/c1-29-16-5-3-4-14(10-16)12-25(15-8-6-13(11-22)7-9-15)20-23-17(18(21)30-20)19(26)24-31(2,27)28/h3-10H,12H2,1-2H3,(H,24,26). The molecule has 2 aromatic carbocycles. The quantitative estimate of drug-likeness (QED) is 0.503. The highest BCUT2D eigenvalue weighted by Gasteiger charge is 2.23. The molecule has 3 aromatic rings. The minimum absolute atomic E-state index is 0.0327. The zero-order valence-corrected chi connectivity index (χ0v) is 19.7. The number of carbonyl (C=O) groups excluding carboxylic acids is 1. The van der Waals surface area contributed by atoms with E-state index in [9.17, 15) is 13.2 Å². The molecule has 160 valence electrons. The molecule has 0 bridgehead atoms. The maximum atomic E-state index is 12.3. The van der Waals surface area contributed by atoms with Crippen LogP contribution in [0, 0.1) is 11.3 Å². The Kier molecular flexibility index (Phi) is 6.94. The van der Waals surface area contributed by atoms with Gasteiger partial charge in [0.05, 0.1) is 31.5 Å². The average Bonchev–Trinajstić information content (AvgIpc) is 3.12. The van der Waals surface area contributed by atoms with Gasteiger partial charge in [0.2, 0.25) is 10.0 Å². The second-order valence-electron chi connectivity index (χ2n) is 6.42. The van der Waals surface area contributed by atoms with Gasteiger partial charge in [-0.3, -0.25) is 4.79 Å². The van der Waals surface area contributed by atoms with Crippen molar-refractivity contribution in [3.05, 3.63) is 69.1 Å². The summed E-state index contributed by atoms with van der Waals surface area (Å²) in [6.45, 7) is 0.399. The van der Waals surface area contributed by atoms with Crippen LogP contribution in [0.25, 0.3) is 0 Å². The number of halogens is 1. The molecule has 0 spiro atoms. The van der Waals surface area contributed by atoms with Crippen molar-refractivity contribution in [1.82, 2.24) is 9.71 Å². The smallest absolute Gasteiger partial charge is 0.285 e. The molecule has 3 rings (SSSR count). The molecule has 1 aromatic heterocycles. The summed E-state index contributed by atoms with van der Waals surface area (Å²) < 4.78 is 30.5. The zero-order valence-electron chi connectivity index (χ0n) is 16.5. The van der Waals surface area contributed by atoms with Gasteiger partial charge >= 0.3 is 0 Å². The molecule has 0 radical (unpaired) electrons. The van der Waals surface area contributed by atoms with Crippen LogP contribution in [-0.2, 0) is 16.6 Å². The first kappa shape index (κ1) is 22.7. The number of hydrogen-bond acceptors (Lipinski definition) is 8. The van der Waals surface area contributed by atoms with Crippen molar-refractivity contribution in [3.63, 3.8) is 0 Å². The molecule has 0 fully saturated rings. The van der Waals surface area contributed by atoms with Crippen molar-refractivity contribution in [2.75, 3.05) is 18.3 Å². The maximum absolute atomic E-state index is 12.3. The predicted molar refractivity (Wildman–Crippen MR) is 122 cm³/mol. The Hall–Kier alpha value is -2.94. The summed E-state index contributed by atoms with van der Waals surface area (Å²) in [5.74, 6) is -0.121. The van der Waals surface area contributed by atoms with E-state index in [1.165, 1.54) is 11.3 Å². The molecular formula is C20H17BrN4O4S2. The lowest BCUT2D eigenvalue weighted by atomic mass is 10.1. The van der Waals surface area contributed by atoms with E-state index in [0.717, 1.165) is 17.5 Å². The summed E-state index contributed by atoms with van der Waals surface area (Å²) in [7, 11) is -2.14. The molecule has 0 aliphatic carbocycles. The van der Waals surface area contributed by atoms with Gasteiger partial charge in [-0.25, -0.2) is 18.1 Å². The molecule has 0 aliphatic rings. The van der Waals surface area contributed by atoms with Crippen molar-refractivity contribution < 1.29 is 17.9 Å². The molecule has 0 atom stereocenters. The van der Waals surface area contributed by atoms with Crippen LogP contribution < -0.4 is 14.4 Å².